The Labute approximate surface area is 225 Å². The predicted octanol–water partition coefficient (Wildman–Crippen LogP) is 3.41. The van der Waals surface area contributed by atoms with Crippen molar-refractivity contribution in [3.63, 3.8) is 0 Å². The Morgan fingerprint density at radius 3 is 2.58 bits per heavy atom. The second kappa shape index (κ2) is 10.6. The maximum absolute atomic E-state index is 13.2. The van der Waals surface area contributed by atoms with Crippen LogP contribution >= 0.6 is 11.6 Å². The summed E-state index contributed by atoms with van der Waals surface area (Å²) in [4.78, 5) is 26.6. The molecule has 8 nitrogen and oxygen atoms in total. The van der Waals surface area contributed by atoms with E-state index < -0.39 is 22.6 Å². The van der Waals surface area contributed by atoms with E-state index in [0.29, 0.717) is 63.1 Å². The number of hydrogen-bond donors (Lipinski definition) is 2. The molecule has 0 radical (unpaired) electrons. The normalized spacial score (nSPS) is 26.5. The van der Waals surface area contributed by atoms with Crippen LogP contribution in [-0.4, -0.2) is 79.6 Å². The van der Waals surface area contributed by atoms with E-state index in [-0.39, 0.29) is 59.4 Å². The molecule has 0 unspecified atom stereocenters. The van der Waals surface area contributed by atoms with Crippen molar-refractivity contribution in [2.75, 3.05) is 37.2 Å². The number of halogens is 4. The number of hydrogen-bond acceptors (Lipinski definition) is 5. The maximum Gasteiger partial charge on any atom is 0.389 e. The Morgan fingerprint density at radius 1 is 1.18 bits per heavy atom. The third-order valence-corrected chi connectivity index (χ3v) is 10.7. The summed E-state index contributed by atoms with van der Waals surface area (Å²) < 4.78 is 65.2. The Bertz CT molecular complexity index is 1200. The lowest BCUT2D eigenvalue weighted by Gasteiger charge is -2.35. The number of carbonyl (C=O) groups excluding carboxylic acids is 2. The first kappa shape index (κ1) is 27.7. The minimum absolute atomic E-state index is 0.00295. The van der Waals surface area contributed by atoms with Gasteiger partial charge < -0.3 is 15.5 Å². The summed E-state index contributed by atoms with van der Waals surface area (Å²) >= 11 is 6.29. The van der Waals surface area contributed by atoms with Crippen molar-refractivity contribution in [3.05, 3.63) is 28.3 Å². The van der Waals surface area contributed by atoms with Gasteiger partial charge in [0.25, 0.3) is 5.91 Å². The molecule has 1 saturated carbocycles. The number of carbonyl (C=O) groups is 2. The van der Waals surface area contributed by atoms with Gasteiger partial charge in [-0.15, -0.1) is 0 Å². The number of nitrogens with zero attached hydrogens (tertiary/aromatic N) is 2. The fourth-order valence-corrected chi connectivity index (χ4v) is 8.79. The first-order chi connectivity index (χ1) is 17.9. The molecule has 2 amide bonds. The number of fused-ring (bicyclic) bond motifs is 3. The molecule has 2 N–H and O–H groups in total. The molecule has 210 valence electrons. The summed E-state index contributed by atoms with van der Waals surface area (Å²) in [6, 6.07) is 2.91. The molecule has 2 saturated heterocycles. The van der Waals surface area contributed by atoms with Crippen LogP contribution in [-0.2, 0) is 21.2 Å². The highest BCUT2D eigenvalue weighted by Crippen LogP contribution is 2.40. The van der Waals surface area contributed by atoms with Gasteiger partial charge in [-0.1, -0.05) is 11.6 Å². The van der Waals surface area contributed by atoms with Gasteiger partial charge in [-0.3, -0.25) is 9.59 Å². The van der Waals surface area contributed by atoms with E-state index in [1.807, 2.05) is 4.90 Å². The molecule has 1 aliphatic carbocycles. The first-order valence-corrected chi connectivity index (χ1v) is 15.1. The molecular formula is C25H32ClF3N4O4S. The van der Waals surface area contributed by atoms with E-state index in [9.17, 15) is 31.2 Å². The Hall–Kier alpha value is -1.89. The second-order valence-corrected chi connectivity index (χ2v) is 13.4. The van der Waals surface area contributed by atoms with Crippen LogP contribution in [0.5, 0.6) is 0 Å². The fraction of sp³-hybridized carbons (Fsp3) is 0.680. The zero-order valence-corrected chi connectivity index (χ0v) is 22.5. The third-order valence-electron chi connectivity index (χ3n) is 8.32. The SMILES string of the molecule is O=C1Cc2cc(C(=O)N[C@H]3C[C@H]4C[C@@H]3CN4S(=O)(=O)CC3CCN(CCCC(F)(F)F)CC3)c(Cl)cc2N1. The Balaban J connectivity index is 1.10. The minimum atomic E-state index is -4.14. The zero-order chi connectivity index (χ0) is 27.2. The van der Waals surface area contributed by atoms with Crippen LogP contribution in [0.2, 0.25) is 5.02 Å². The quantitative estimate of drug-likeness (QED) is 0.494. The van der Waals surface area contributed by atoms with Crippen LogP contribution in [0.3, 0.4) is 0 Å². The summed E-state index contributed by atoms with van der Waals surface area (Å²) in [7, 11) is -3.47. The number of rotatable bonds is 8. The van der Waals surface area contributed by atoms with E-state index in [1.165, 1.54) is 0 Å². The molecule has 4 aliphatic rings. The number of piperidine rings is 2. The summed E-state index contributed by atoms with van der Waals surface area (Å²) in [6.45, 7) is 1.99. The molecule has 1 aromatic rings. The van der Waals surface area contributed by atoms with Crippen LogP contribution < -0.4 is 10.6 Å². The summed E-state index contributed by atoms with van der Waals surface area (Å²) in [6.07, 6.45) is -2.12. The van der Waals surface area contributed by atoms with Gasteiger partial charge in [-0.05, 0) is 81.3 Å². The first-order valence-electron chi connectivity index (χ1n) is 13.1. The Kier molecular flexibility index (Phi) is 7.71. The lowest BCUT2D eigenvalue weighted by atomic mass is 9.99. The van der Waals surface area contributed by atoms with Crippen molar-refractivity contribution >= 4 is 39.1 Å². The number of nitrogens with one attached hydrogen (secondary N) is 2. The average molecular weight is 577 g/mol. The highest BCUT2D eigenvalue weighted by molar-refractivity contribution is 7.89. The van der Waals surface area contributed by atoms with Gasteiger partial charge in [0.15, 0.2) is 0 Å². The smallest absolute Gasteiger partial charge is 0.349 e. The number of likely N-dealkylation sites (tertiary alicyclic amines) is 1. The molecule has 3 atom stereocenters. The molecule has 38 heavy (non-hydrogen) atoms. The van der Waals surface area contributed by atoms with Gasteiger partial charge in [0.2, 0.25) is 15.9 Å². The van der Waals surface area contributed by atoms with Crippen LogP contribution in [0.4, 0.5) is 18.9 Å². The summed E-state index contributed by atoms with van der Waals surface area (Å²) in [5, 5.41) is 5.99. The van der Waals surface area contributed by atoms with Crippen molar-refractivity contribution in [2.45, 2.75) is 63.2 Å². The standard InChI is InChI=1S/C25H32ClF3N4O4S/c26-20-12-22-16(10-23(34)30-22)9-19(20)24(35)31-21-11-18-8-17(21)13-33(18)38(36,37)14-15-2-6-32(7-3-15)5-1-4-25(27,28)29/h9,12,15,17-18,21H,1-8,10-11,13-14H2,(H,30,34)(H,31,35)/t17-,18-,21+/m1/s1. The van der Waals surface area contributed by atoms with Gasteiger partial charge in [0, 0.05) is 30.7 Å². The molecular weight excluding hydrogens is 545 g/mol. The van der Waals surface area contributed by atoms with Crippen molar-refractivity contribution in [1.82, 2.24) is 14.5 Å². The van der Waals surface area contributed by atoms with Gasteiger partial charge >= 0.3 is 6.18 Å². The van der Waals surface area contributed by atoms with Gasteiger partial charge in [-0.25, -0.2) is 8.42 Å². The number of sulfonamides is 1. The van der Waals surface area contributed by atoms with Crippen LogP contribution in [0.15, 0.2) is 12.1 Å². The summed E-state index contributed by atoms with van der Waals surface area (Å²) in [5.41, 5.74) is 1.64. The minimum Gasteiger partial charge on any atom is -0.349 e. The number of anilines is 1. The van der Waals surface area contributed by atoms with Crippen molar-refractivity contribution in [3.8, 4) is 0 Å². The van der Waals surface area contributed by atoms with Crippen LogP contribution in [0.25, 0.3) is 0 Å². The predicted molar refractivity (Wildman–Crippen MR) is 136 cm³/mol. The number of alkyl halides is 3. The van der Waals surface area contributed by atoms with Crippen molar-refractivity contribution < 1.29 is 31.2 Å². The molecule has 3 heterocycles. The van der Waals surface area contributed by atoms with E-state index in [4.69, 9.17) is 11.6 Å². The maximum atomic E-state index is 13.2. The van der Waals surface area contributed by atoms with Gasteiger partial charge in [0.1, 0.15) is 0 Å². The highest BCUT2D eigenvalue weighted by atomic mass is 35.5. The molecule has 5 rings (SSSR count). The van der Waals surface area contributed by atoms with Crippen molar-refractivity contribution in [2.24, 2.45) is 11.8 Å². The number of amides is 2. The molecule has 0 spiro atoms. The highest BCUT2D eigenvalue weighted by Gasteiger charge is 2.49. The second-order valence-electron chi connectivity index (χ2n) is 11.0. The summed E-state index contributed by atoms with van der Waals surface area (Å²) in [5.74, 6) is -0.399. The van der Waals surface area contributed by atoms with Crippen LogP contribution in [0.1, 0.15) is 54.4 Å². The molecule has 1 aromatic carbocycles. The molecule has 3 aliphatic heterocycles. The topological polar surface area (TPSA) is 98.8 Å². The largest absolute Gasteiger partial charge is 0.389 e. The Morgan fingerprint density at radius 2 is 1.92 bits per heavy atom. The lowest BCUT2D eigenvalue weighted by Crippen LogP contribution is -2.49. The fourth-order valence-electron chi connectivity index (χ4n) is 6.37. The third kappa shape index (κ3) is 6.13. The van der Waals surface area contributed by atoms with Crippen LogP contribution in [0, 0.1) is 11.8 Å². The van der Waals surface area contributed by atoms with E-state index >= 15 is 0 Å². The molecule has 0 aromatic heterocycles. The zero-order valence-electron chi connectivity index (χ0n) is 20.9. The van der Waals surface area contributed by atoms with E-state index in [1.54, 1.807) is 16.4 Å². The van der Waals surface area contributed by atoms with E-state index in [2.05, 4.69) is 10.6 Å². The van der Waals surface area contributed by atoms with Gasteiger partial charge in [0.05, 0.1) is 22.8 Å². The van der Waals surface area contributed by atoms with Crippen molar-refractivity contribution in [1.29, 1.82) is 0 Å². The average Bonchev–Trinajstić information content (AvgIpc) is 3.52. The molecule has 3 fully saturated rings. The molecule has 13 heteroatoms. The van der Waals surface area contributed by atoms with E-state index in [0.717, 1.165) is 5.56 Å². The number of benzene rings is 1. The van der Waals surface area contributed by atoms with Gasteiger partial charge in [-0.2, -0.15) is 17.5 Å². The lowest BCUT2D eigenvalue weighted by molar-refractivity contribution is -0.136. The molecule has 2 bridgehead atoms. The monoisotopic (exact) mass is 576 g/mol.